The zero-order valence-electron chi connectivity index (χ0n) is 8.92. The van der Waals surface area contributed by atoms with Gasteiger partial charge >= 0.3 is 0 Å². The van der Waals surface area contributed by atoms with E-state index in [0.29, 0.717) is 0 Å². The molecule has 0 heterocycles. The number of rotatable bonds is 3. The van der Waals surface area contributed by atoms with E-state index in [2.05, 4.69) is 25.2 Å². The summed E-state index contributed by atoms with van der Waals surface area (Å²) in [7, 11) is 0.570. The van der Waals surface area contributed by atoms with Gasteiger partial charge in [-0.2, -0.15) is 0 Å². The summed E-state index contributed by atoms with van der Waals surface area (Å²) in [5.41, 5.74) is 0. The van der Waals surface area contributed by atoms with Crippen molar-refractivity contribution < 1.29 is 4.43 Å². The Balaban J connectivity index is 1.94. The van der Waals surface area contributed by atoms with Crippen LogP contribution in [-0.4, -0.2) is 15.4 Å². The topological polar surface area (TPSA) is 9.23 Å². The Labute approximate surface area is 82.3 Å². The number of hydrogen-bond donors (Lipinski definition) is 0. The number of allylic oxidation sites excluding steroid dienone is 2. The highest BCUT2D eigenvalue weighted by atomic mass is 28.4. The first kappa shape index (κ1) is 9.47. The van der Waals surface area contributed by atoms with Crippen LogP contribution in [0.2, 0.25) is 19.1 Å². The van der Waals surface area contributed by atoms with Crippen molar-refractivity contribution in [1.29, 1.82) is 0 Å². The van der Waals surface area contributed by atoms with Crippen molar-refractivity contribution in [2.24, 2.45) is 17.8 Å². The molecule has 0 saturated heterocycles. The third-order valence-electron chi connectivity index (χ3n) is 3.72. The summed E-state index contributed by atoms with van der Waals surface area (Å²) in [6.07, 6.45) is 7.72. The lowest BCUT2D eigenvalue weighted by atomic mass is 9.96. The second kappa shape index (κ2) is 3.25. The largest absolute Gasteiger partial charge is 0.420 e. The Morgan fingerprint density at radius 3 is 2.54 bits per heavy atom. The SMILES string of the molecule is CO[Si](C)(C)CC1CC2C=CC1C2. The van der Waals surface area contributed by atoms with Gasteiger partial charge in [-0.1, -0.05) is 12.2 Å². The van der Waals surface area contributed by atoms with E-state index < -0.39 is 8.32 Å². The van der Waals surface area contributed by atoms with Crippen LogP contribution in [0.25, 0.3) is 0 Å². The Kier molecular flexibility index (Phi) is 2.36. The summed E-state index contributed by atoms with van der Waals surface area (Å²) in [6.45, 7) is 4.67. The van der Waals surface area contributed by atoms with Gasteiger partial charge in [0, 0.05) is 7.11 Å². The zero-order chi connectivity index (χ0) is 9.47. The van der Waals surface area contributed by atoms with Gasteiger partial charge in [0.25, 0.3) is 0 Å². The highest BCUT2D eigenvalue weighted by molar-refractivity contribution is 6.71. The summed E-state index contributed by atoms with van der Waals surface area (Å²) in [5.74, 6) is 2.75. The van der Waals surface area contributed by atoms with Crippen LogP contribution in [0.4, 0.5) is 0 Å². The van der Waals surface area contributed by atoms with Crippen molar-refractivity contribution in [1.82, 2.24) is 0 Å². The van der Waals surface area contributed by atoms with Crippen LogP contribution in [0.3, 0.4) is 0 Å². The van der Waals surface area contributed by atoms with Gasteiger partial charge < -0.3 is 4.43 Å². The molecule has 0 amide bonds. The summed E-state index contributed by atoms with van der Waals surface area (Å²) >= 11 is 0. The molecule has 3 unspecified atom stereocenters. The molecule has 2 aliphatic rings. The van der Waals surface area contributed by atoms with Crippen molar-refractivity contribution in [2.45, 2.75) is 32.0 Å². The van der Waals surface area contributed by atoms with E-state index in [1.807, 2.05) is 7.11 Å². The Bertz CT molecular complexity index is 222. The first-order valence-electron chi connectivity index (χ1n) is 5.34. The smallest absolute Gasteiger partial charge is 0.186 e. The average Bonchev–Trinajstić information content (AvgIpc) is 2.64. The van der Waals surface area contributed by atoms with Crippen LogP contribution in [0.1, 0.15) is 12.8 Å². The molecule has 0 N–H and O–H groups in total. The zero-order valence-corrected chi connectivity index (χ0v) is 9.92. The molecule has 2 aliphatic carbocycles. The van der Waals surface area contributed by atoms with E-state index in [9.17, 15) is 0 Å². The lowest BCUT2D eigenvalue weighted by Gasteiger charge is -2.27. The molecule has 2 bridgehead atoms. The quantitative estimate of drug-likeness (QED) is 0.498. The van der Waals surface area contributed by atoms with Gasteiger partial charge in [0.05, 0.1) is 0 Å². The molecule has 1 nitrogen and oxygen atoms in total. The van der Waals surface area contributed by atoms with Crippen LogP contribution in [0.5, 0.6) is 0 Å². The standard InChI is InChI=1S/C11H20OSi/c1-12-13(2,3)8-11-7-9-4-5-10(11)6-9/h4-5,9-11H,6-8H2,1-3H3. The number of hydrogen-bond acceptors (Lipinski definition) is 1. The van der Waals surface area contributed by atoms with Gasteiger partial charge in [0.2, 0.25) is 0 Å². The molecule has 0 aromatic carbocycles. The van der Waals surface area contributed by atoms with Gasteiger partial charge in [-0.25, -0.2) is 0 Å². The molecule has 1 saturated carbocycles. The van der Waals surface area contributed by atoms with Crippen LogP contribution < -0.4 is 0 Å². The van der Waals surface area contributed by atoms with Crippen LogP contribution in [-0.2, 0) is 4.43 Å². The Morgan fingerprint density at radius 1 is 1.31 bits per heavy atom. The third kappa shape index (κ3) is 1.89. The Hall–Kier alpha value is -0.0831. The van der Waals surface area contributed by atoms with Gasteiger partial charge in [-0.15, -0.1) is 0 Å². The maximum atomic E-state index is 5.62. The van der Waals surface area contributed by atoms with Crippen molar-refractivity contribution in [3.63, 3.8) is 0 Å². The van der Waals surface area contributed by atoms with E-state index in [1.165, 1.54) is 18.9 Å². The fraction of sp³-hybridized carbons (Fsp3) is 0.818. The van der Waals surface area contributed by atoms with Crippen molar-refractivity contribution >= 4 is 8.32 Å². The van der Waals surface area contributed by atoms with Gasteiger partial charge in [0.15, 0.2) is 8.32 Å². The van der Waals surface area contributed by atoms with Crippen LogP contribution >= 0.6 is 0 Å². The molecule has 1 fully saturated rings. The molecule has 2 rings (SSSR count). The highest BCUT2D eigenvalue weighted by Gasteiger charge is 2.39. The van der Waals surface area contributed by atoms with Crippen LogP contribution in [0.15, 0.2) is 12.2 Å². The molecule has 0 aromatic rings. The molecule has 74 valence electrons. The predicted octanol–water partition coefficient (Wildman–Crippen LogP) is 3.05. The summed E-state index contributed by atoms with van der Waals surface area (Å²) < 4.78 is 5.62. The normalized spacial score (nSPS) is 37.3. The highest BCUT2D eigenvalue weighted by Crippen LogP contribution is 2.46. The first-order valence-corrected chi connectivity index (χ1v) is 8.46. The summed E-state index contributed by atoms with van der Waals surface area (Å²) in [4.78, 5) is 0. The summed E-state index contributed by atoms with van der Waals surface area (Å²) in [5, 5.41) is 0. The minimum atomic E-state index is -1.31. The second-order valence-corrected chi connectivity index (χ2v) is 9.54. The molecule has 0 aromatic heterocycles. The van der Waals surface area contributed by atoms with Crippen molar-refractivity contribution in [3.8, 4) is 0 Å². The molecule has 0 aliphatic heterocycles. The molecule has 2 heteroatoms. The predicted molar refractivity (Wildman–Crippen MR) is 58.1 cm³/mol. The molecular weight excluding hydrogens is 176 g/mol. The molecule has 13 heavy (non-hydrogen) atoms. The first-order chi connectivity index (χ1) is 6.11. The minimum absolute atomic E-state index is 0.895. The lowest BCUT2D eigenvalue weighted by molar-refractivity contribution is 0.378. The van der Waals surface area contributed by atoms with Crippen molar-refractivity contribution in [3.05, 3.63) is 12.2 Å². The monoisotopic (exact) mass is 196 g/mol. The minimum Gasteiger partial charge on any atom is -0.420 e. The Morgan fingerprint density at radius 2 is 2.08 bits per heavy atom. The molecule has 3 atom stereocenters. The molecule has 0 radical (unpaired) electrons. The maximum absolute atomic E-state index is 5.62. The van der Waals surface area contributed by atoms with Crippen molar-refractivity contribution in [2.75, 3.05) is 7.11 Å². The fourth-order valence-corrected chi connectivity index (χ4v) is 4.74. The van der Waals surface area contributed by atoms with Crippen LogP contribution in [0, 0.1) is 17.8 Å². The van der Waals surface area contributed by atoms with E-state index in [-0.39, 0.29) is 0 Å². The van der Waals surface area contributed by atoms with E-state index in [4.69, 9.17) is 4.43 Å². The number of fused-ring (bicyclic) bond motifs is 2. The van der Waals surface area contributed by atoms with E-state index in [1.54, 1.807) is 0 Å². The van der Waals surface area contributed by atoms with Gasteiger partial charge in [-0.3, -0.25) is 0 Å². The molecular formula is C11H20OSi. The third-order valence-corrected chi connectivity index (χ3v) is 6.34. The van der Waals surface area contributed by atoms with Gasteiger partial charge in [-0.05, 0) is 49.7 Å². The fourth-order valence-electron chi connectivity index (χ4n) is 2.84. The maximum Gasteiger partial charge on any atom is 0.186 e. The lowest BCUT2D eigenvalue weighted by Crippen LogP contribution is -2.32. The van der Waals surface area contributed by atoms with E-state index >= 15 is 0 Å². The average molecular weight is 196 g/mol. The van der Waals surface area contributed by atoms with Gasteiger partial charge in [0.1, 0.15) is 0 Å². The van der Waals surface area contributed by atoms with E-state index in [0.717, 1.165) is 17.8 Å². The summed E-state index contributed by atoms with van der Waals surface area (Å²) in [6, 6.07) is 1.36. The second-order valence-electron chi connectivity index (χ2n) is 5.21. The molecule has 0 spiro atoms.